The Balaban J connectivity index is 1.76. The Bertz CT molecular complexity index is 806. The highest BCUT2D eigenvalue weighted by Crippen LogP contribution is 2.31. The standard InChI is InChI=1S/C16H14N4O2/c21-16(14-9-10-17-22-14)18-15-12-7-4-8-13(12)19-20(15)11-5-2-1-3-6-11/h1-3,5-6,9-10H,4,7-8H2,(H,18,21). The number of para-hydroxylation sites is 1. The van der Waals surface area contributed by atoms with Crippen LogP contribution in [-0.2, 0) is 12.8 Å². The van der Waals surface area contributed by atoms with Gasteiger partial charge in [0.15, 0.2) is 0 Å². The van der Waals surface area contributed by atoms with Crippen molar-refractivity contribution in [2.24, 2.45) is 0 Å². The topological polar surface area (TPSA) is 73.0 Å². The predicted octanol–water partition coefficient (Wildman–Crippen LogP) is 2.60. The molecule has 0 spiro atoms. The number of rotatable bonds is 3. The first kappa shape index (κ1) is 12.8. The second-order valence-corrected chi connectivity index (χ2v) is 5.21. The van der Waals surface area contributed by atoms with E-state index in [0.29, 0.717) is 0 Å². The highest BCUT2D eigenvalue weighted by atomic mass is 16.5. The van der Waals surface area contributed by atoms with E-state index in [9.17, 15) is 4.79 Å². The van der Waals surface area contributed by atoms with Crippen molar-refractivity contribution in [3.8, 4) is 5.69 Å². The molecule has 6 nitrogen and oxygen atoms in total. The number of carbonyl (C=O) groups excluding carboxylic acids is 1. The monoisotopic (exact) mass is 294 g/mol. The summed E-state index contributed by atoms with van der Waals surface area (Å²) in [4.78, 5) is 12.3. The molecular formula is C16H14N4O2. The summed E-state index contributed by atoms with van der Waals surface area (Å²) in [7, 11) is 0. The average molecular weight is 294 g/mol. The van der Waals surface area contributed by atoms with Crippen LogP contribution in [0.25, 0.3) is 5.69 Å². The van der Waals surface area contributed by atoms with Crippen LogP contribution in [0.2, 0.25) is 0 Å². The third-order valence-electron chi connectivity index (χ3n) is 3.80. The van der Waals surface area contributed by atoms with Crippen LogP contribution >= 0.6 is 0 Å². The number of amides is 1. The van der Waals surface area contributed by atoms with E-state index >= 15 is 0 Å². The number of anilines is 1. The van der Waals surface area contributed by atoms with Crippen LogP contribution in [-0.4, -0.2) is 20.8 Å². The minimum absolute atomic E-state index is 0.188. The third kappa shape index (κ3) is 2.09. The zero-order chi connectivity index (χ0) is 14.9. The Labute approximate surface area is 126 Å². The first-order chi connectivity index (χ1) is 10.8. The van der Waals surface area contributed by atoms with Gasteiger partial charge in [0.2, 0.25) is 5.76 Å². The van der Waals surface area contributed by atoms with E-state index in [-0.39, 0.29) is 11.7 Å². The van der Waals surface area contributed by atoms with Crippen molar-refractivity contribution in [3.63, 3.8) is 0 Å². The van der Waals surface area contributed by atoms with Gasteiger partial charge in [-0.2, -0.15) is 5.10 Å². The largest absolute Gasteiger partial charge is 0.351 e. The molecule has 1 aliphatic rings. The fraction of sp³-hybridized carbons (Fsp3) is 0.188. The smallest absolute Gasteiger partial charge is 0.295 e. The zero-order valence-electron chi connectivity index (χ0n) is 11.8. The number of carbonyl (C=O) groups is 1. The normalized spacial score (nSPS) is 13.1. The molecule has 1 amide bonds. The quantitative estimate of drug-likeness (QED) is 0.806. The molecule has 0 saturated heterocycles. The third-order valence-corrected chi connectivity index (χ3v) is 3.80. The van der Waals surface area contributed by atoms with E-state index in [2.05, 4.69) is 15.6 Å². The van der Waals surface area contributed by atoms with Gasteiger partial charge >= 0.3 is 0 Å². The first-order valence-corrected chi connectivity index (χ1v) is 7.21. The molecule has 0 unspecified atom stereocenters. The number of nitrogens with zero attached hydrogens (tertiary/aromatic N) is 3. The van der Waals surface area contributed by atoms with Crippen molar-refractivity contribution in [3.05, 3.63) is 59.6 Å². The molecule has 22 heavy (non-hydrogen) atoms. The molecule has 0 aliphatic heterocycles. The molecule has 2 heterocycles. The van der Waals surface area contributed by atoms with Gasteiger partial charge in [-0.15, -0.1) is 0 Å². The van der Waals surface area contributed by atoms with E-state index in [1.807, 2.05) is 30.3 Å². The maximum Gasteiger partial charge on any atom is 0.295 e. The molecule has 1 aliphatic carbocycles. The molecule has 0 saturated carbocycles. The number of aryl methyl sites for hydroxylation is 1. The maximum absolute atomic E-state index is 12.3. The lowest BCUT2D eigenvalue weighted by molar-refractivity contribution is 0.0987. The van der Waals surface area contributed by atoms with Crippen molar-refractivity contribution >= 4 is 11.7 Å². The van der Waals surface area contributed by atoms with E-state index < -0.39 is 0 Å². The van der Waals surface area contributed by atoms with Gasteiger partial charge in [0.1, 0.15) is 5.82 Å². The number of hydrogen-bond donors (Lipinski definition) is 1. The van der Waals surface area contributed by atoms with Gasteiger partial charge in [0.05, 0.1) is 17.6 Å². The number of fused-ring (bicyclic) bond motifs is 1. The molecule has 4 rings (SSSR count). The second kappa shape index (κ2) is 5.14. The summed E-state index contributed by atoms with van der Waals surface area (Å²) >= 11 is 0. The first-order valence-electron chi connectivity index (χ1n) is 7.21. The Morgan fingerprint density at radius 3 is 2.82 bits per heavy atom. The van der Waals surface area contributed by atoms with Gasteiger partial charge in [-0.05, 0) is 31.4 Å². The van der Waals surface area contributed by atoms with Gasteiger partial charge < -0.3 is 9.84 Å². The van der Waals surface area contributed by atoms with Gasteiger partial charge in [-0.25, -0.2) is 4.68 Å². The molecule has 0 bridgehead atoms. The van der Waals surface area contributed by atoms with Gasteiger partial charge in [-0.1, -0.05) is 23.4 Å². The van der Waals surface area contributed by atoms with Crippen LogP contribution in [0.1, 0.15) is 28.2 Å². The SMILES string of the molecule is O=C(Nc1c2c(nn1-c1ccccc1)CCC2)c1ccno1. The average Bonchev–Trinajstić information content (AvgIpc) is 3.26. The van der Waals surface area contributed by atoms with E-state index in [4.69, 9.17) is 4.52 Å². The van der Waals surface area contributed by atoms with Crippen LogP contribution < -0.4 is 5.32 Å². The summed E-state index contributed by atoms with van der Waals surface area (Å²) in [5.74, 6) is 0.594. The minimum Gasteiger partial charge on any atom is -0.351 e. The van der Waals surface area contributed by atoms with Crippen molar-refractivity contribution in [1.82, 2.24) is 14.9 Å². The molecule has 0 atom stereocenters. The fourth-order valence-corrected chi connectivity index (χ4v) is 2.78. The molecule has 3 aromatic rings. The lowest BCUT2D eigenvalue weighted by Gasteiger charge is -2.09. The summed E-state index contributed by atoms with van der Waals surface area (Å²) < 4.78 is 6.71. The van der Waals surface area contributed by atoms with Crippen molar-refractivity contribution < 1.29 is 9.32 Å². The van der Waals surface area contributed by atoms with E-state index in [0.717, 1.165) is 42.0 Å². The van der Waals surface area contributed by atoms with Crippen LogP contribution in [0.3, 0.4) is 0 Å². The number of hydrogen-bond acceptors (Lipinski definition) is 4. The molecule has 0 fully saturated rings. The van der Waals surface area contributed by atoms with Crippen molar-refractivity contribution in [2.75, 3.05) is 5.32 Å². The van der Waals surface area contributed by atoms with Crippen LogP contribution in [0, 0.1) is 0 Å². The Morgan fingerprint density at radius 1 is 1.18 bits per heavy atom. The summed E-state index contributed by atoms with van der Waals surface area (Å²) in [5.41, 5.74) is 3.08. The highest BCUT2D eigenvalue weighted by Gasteiger charge is 2.25. The van der Waals surface area contributed by atoms with Gasteiger partial charge in [0.25, 0.3) is 5.91 Å². The molecule has 1 aromatic carbocycles. The fourth-order valence-electron chi connectivity index (χ4n) is 2.78. The number of aromatic nitrogens is 3. The minimum atomic E-state index is -0.315. The van der Waals surface area contributed by atoms with Crippen LogP contribution in [0.15, 0.2) is 47.1 Å². The Morgan fingerprint density at radius 2 is 2.05 bits per heavy atom. The number of nitrogens with one attached hydrogen (secondary N) is 1. The molecule has 110 valence electrons. The zero-order valence-corrected chi connectivity index (χ0v) is 11.8. The molecule has 6 heteroatoms. The predicted molar refractivity (Wildman–Crippen MR) is 80.0 cm³/mol. The lowest BCUT2D eigenvalue weighted by Crippen LogP contribution is -2.15. The van der Waals surface area contributed by atoms with E-state index in [1.54, 1.807) is 10.7 Å². The van der Waals surface area contributed by atoms with E-state index in [1.165, 1.54) is 6.20 Å². The van der Waals surface area contributed by atoms with Crippen molar-refractivity contribution in [1.29, 1.82) is 0 Å². The summed E-state index contributed by atoms with van der Waals surface area (Å²) in [5, 5.41) is 11.1. The second-order valence-electron chi connectivity index (χ2n) is 5.21. The Kier molecular flexibility index (Phi) is 3.00. The molecular weight excluding hydrogens is 280 g/mol. The highest BCUT2D eigenvalue weighted by molar-refractivity contribution is 6.02. The van der Waals surface area contributed by atoms with Crippen LogP contribution in [0.5, 0.6) is 0 Å². The lowest BCUT2D eigenvalue weighted by atomic mass is 10.2. The molecule has 1 N–H and O–H groups in total. The maximum atomic E-state index is 12.3. The van der Waals surface area contributed by atoms with Gasteiger partial charge in [-0.3, -0.25) is 4.79 Å². The molecule has 0 radical (unpaired) electrons. The summed E-state index contributed by atoms with van der Waals surface area (Å²) in [6.45, 7) is 0. The van der Waals surface area contributed by atoms with Crippen molar-refractivity contribution in [2.45, 2.75) is 19.3 Å². The van der Waals surface area contributed by atoms with Crippen LogP contribution in [0.4, 0.5) is 5.82 Å². The summed E-state index contributed by atoms with van der Waals surface area (Å²) in [6.07, 6.45) is 4.39. The molecule has 2 aromatic heterocycles. The van der Waals surface area contributed by atoms with Gasteiger partial charge in [0, 0.05) is 11.6 Å². The number of benzene rings is 1. The Hall–Kier alpha value is -2.89. The summed E-state index contributed by atoms with van der Waals surface area (Å²) in [6, 6.07) is 11.3.